The average Bonchev–Trinajstić information content (AvgIpc) is 2.94. The van der Waals surface area contributed by atoms with Crippen LogP contribution in [0.5, 0.6) is 5.75 Å². The summed E-state index contributed by atoms with van der Waals surface area (Å²) in [5.74, 6) is -0.213. The lowest BCUT2D eigenvalue weighted by molar-refractivity contribution is -0.882. The number of carbonyl (C=O) groups is 3. The largest absolute Gasteiger partial charge is 0.494 e. The summed E-state index contributed by atoms with van der Waals surface area (Å²) in [6, 6.07) is 13.0. The number of hydrogen-bond donors (Lipinski definition) is 5. The van der Waals surface area contributed by atoms with E-state index < -0.39 is 12.0 Å². The standard InChI is InChI=1S/C33H52N6O5/c1-6-26-22-28(13-14-29(26)27-11-9-25(10-12-27)21-30(35)33(42)43)44-20-8-7-16-36-31(40)24-39(4,5)19-17-37-32(41)23-38(2,3)18-15-34/h9-14,22,30H,6-8,15-21,23-24,34-35H2,1-5H3,(H-2,36,37,40,41,42,43)/p+2/t30-/m0/s1. The molecule has 1 atom stereocenters. The minimum Gasteiger partial charge on any atom is -0.494 e. The molecule has 11 nitrogen and oxygen atoms in total. The van der Waals surface area contributed by atoms with Crippen LogP contribution < -0.4 is 26.8 Å². The van der Waals surface area contributed by atoms with Crippen molar-refractivity contribution in [3.05, 3.63) is 53.6 Å². The summed E-state index contributed by atoms with van der Waals surface area (Å²) in [6.07, 6.45) is 2.76. The first-order chi connectivity index (χ1) is 20.7. The Morgan fingerprint density at radius 1 is 0.886 bits per heavy atom. The lowest BCUT2D eigenvalue weighted by atomic mass is 9.96. The van der Waals surface area contributed by atoms with E-state index in [2.05, 4.69) is 29.7 Å². The van der Waals surface area contributed by atoms with Gasteiger partial charge < -0.3 is 40.9 Å². The third-order valence-corrected chi connectivity index (χ3v) is 7.57. The molecule has 0 bridgehead atoms. The van der Waals surface area contributed by atoms with Crippen molar-refractivity contribution in [3.63, 3.8) is 0 Å². The van der Waals surface area contributed by atoms with E-state index in [1.807, 2.05) is 58.5 Å². The van der Waals surface area contributed by atoms with Crippen LogP contribution in [0.3, 0.4) is 0 Å². The molecule has 0 saturated heterocycles. The first kappa shape index (κ1) is 36.7. The molecule has 2 amide bonds. The Kier molecular flexibility index (Phi) is 14.8. The van der Waals surface area contributed by atoms with Gasteiger partial charge in [-0.15, -0.1) is 0 Å². The second-order valence-electron chi connectivity index (χ2n) is 12.7. The molecule has 244 valence electrons. The summed E-state index contributed by atoms with van der Waals surface area (Å²) < 4.78 is 7.02. The summed E-state index contributed by atoms with van der Waals surface area (Å²) in [7, 11) is 7.93. The Hall–Kier alpha value is -3.51. The van der Waals surface area contributed by atoms with Crippen molar-refractivity contribution in [2.24, 2.45) is 11.5 Å². The lowest BCUT2D eigenvalue weighted by Crippen LogP contribution is -2.53. The number of nitrogens with zero attached hydrogens (tertiary/aromatic N) is 2. The second-order valence-corrected chi connectivity index (χ2v) is 12.7. The van der Waals surface area contributed by atoms with Crippen LogP contribution >= 0.6 is 0 Å². The van der Waals surface area contributed by atoms with Crippen LogP contribution in [0, 0.1) is 0 Å². The van der Waals surface area contributed by atoms with Crippen LogP contribution in [0.2, 0.25) is 0 Å². The molecule has 2 aromatic carbocycles. The minimum atomic E-state index is -1.00. The van der Waals surface area contributed by atoms with Gasteiger partial charge >= 0.3 is 5.97 Å². The highest BCUT2D eigenvalue weighted by Gasteiger charge is 2.22. The number of quaternary nitrogens is 2. The van der Waals surface area contributed by atoms with Gasteiger partial charge in [0.1, 0.15) is 11.8 Å². The fraction of sp³-hybridized carbons (Fsp3) is 0.545. The Bertz CT molecular complexity index is 1220. The maximum Gasteiger partial charge on any atom is 0.320 e. The maximum atomic E-state index is 12.5. The lowest BCUT2D eigenvalue weighted by Gasteiger charge is -2.30. The van der Waals surface area contributed by atoms with Crippen molar-refractivity contribution in [2.75, 3.05) is 80.6 Å². The molecule has 0 radical (unpaired) electrons. The zero-order chi connectivity index (χ0) is 32.8. The number of nitrogens with one attached hydrogen (secondary N) is 2. The van der Waals surface area contributed by atoms with Crippen molar-refractivity contribution < 1.29 is 33.2 Å². The average molecular weight is 615 g/mol. The van der Waals surface area contributed by atoms with E-state index >= 15 is 0 Å². The summed E-state index contributed by atoms with van der Waals surface area (Å²) in [4.78, 5) is 35.8. The molecule has 0 aliphatic carbocycles. The third-order valence-electron chi connectivity index (χ3n) is 7.57. The van der Waals surface area contributed by atoms with E-state index in [-0.39, 0.29) is 11.8 Å². The van der Waals surface area contributed by atoms with E-state index in [1.165, 1.54) is 5.56 Å². The highest BCUT2D eigenvalue weighted by molar-refractivity contribution is 5.77. The number of aryl methyl sites for hydroxylation is 1. The van der Waals surface area contributed by atoms with Crippen molar-refractivity contribution in [3.8, 4) is 16.9 Å². The van der Waals surface area contributed by atoms with Crippen LogP contribution in [0.15, 0.2) is 42.5 Å². The first-order valence-electron chi connectivity index (χ1n) is 15.5. The fourth-order valence-electron chi connectivity index (χ4n) is 4.94. The van der Waals surface area contributed by atoms with Crippen LogP contribution in [0.25, 0.3) is 11.1 Å². The zero-order valence-corrected chi connectivity index (χ0v) is 27.2. The maximum absolute atomic E-state index is 12.5. The van der Waals surface area contributed by atoms with E-state index in [1.54, 1.807) is 0 Å². The smallest absolute Gasteiger partial charge is 0.320 e. The van der Waals surface area contributed by atoms with Gasteiger partial charge in [-0.3, -0.25) is 14.4 Å². The monoisotopic (exact) mass is 614 g/mol. The number of nitrogens with two attached hydrogens (primary N) is 2. The predicted octanol–water partition coefficient (Wildman–Crippen LogP) is 1.37. The van der Waals surface area contributed by atoms with Gasteiger partial charge in [0, 0.05) is 13.1 Å². The fourth-order valence-corrected chi connectivity index (χ4v) is 4.94. The number of likely N-dealkylation sites (N-methyl/N-ethyl adjacent to an activating group) is 2. The minimum absolute atomic E-state index is 0.0102. The number of carboxylic acid groups (broad SMARTS) is 1. The van der Waals surface area contributed by atoms with Crippen molar-refractivity contribution in [2.45, 2.75) is 38.6 Å². The molecule has 0 spiro atoms. The van der Waals surface area contributed by atoms with Gasteiger partial charge in [0.25, 0.3) is 11.8 Å². The van der Waals surface area contributed by atoms with Gasteiger partial charge in [-0.1, -0.05) is 37.3 Å². The first-order valence-corrected chi connectivity index (χ1v) is 15.5. The molecule has 0 aromatic heterocycles. The van der Waals surface area contributed by atoms with E-state index in [0.717, 1.165) is 48.2 Å². The van der Waals surface area contributed by atoms with E-state index in [9.17, 15) is 14.4 Å². The van der Waals surface area contributed by atoms with Crippen LogP contribution in [0.4, 0.5) is 0 Å². The third kappa shape index (κ3) is 13.4. The number of unbranched alkanes of at least 4 members (excludes halogenated alkanes) is 1. The molecule has 0 heterocycles. The molecule has 2 rings (SSSR count). The molecular formula is C33H54N6O5+2. The van der Waals surface area contributed by atoms with Gasteiger partial charge in [0.2, 0.25) is 0 Å². The molecule has 11 heteroatoms. The number of amides is 2. The number of hydrogen-bond acceptors (Lipinski definition) is 6. The summed E-state index contributed by atoms with van der Waals surface area (Å²) in [5, 5.41) is 15.0. The Morgan fingerprint density at radius 2 is 1.50 bits per heavy atom. The molecule has 0 fully saturated rings. The quantitative estimate of drug-likeness (QED) is 0.111. The molecule has 0 aliphatic heterocycles. The number of benzene rings is 2. The van der Waals surface area contributed by atoms with Crippen LogP contribution in [0.1, 0.15) is 30.9 Å². The molecule has 7 N–H and O–H groups in total. The van der Waals surface area contributed by atoms with Gasteiger partial charge in [0.15, 0.2) is 13.1 Å². The van der Waals surface area contributed by atoms with Gasteiger partial charge in [-0.05, 0) is 60.1 Å². The zero-order valence-electron chi connectivity index (χ0n) is 27.2. The Labute approximate surface area is 262 Å². The molecule has 2 aromatic rings. The molecule has 0 aliphatic rings. The molecule has 44 heavy (non-hydrogen) atoms. The Balaban J connectivity index is 1.70. The number of ether oxygens (including phenoxy) is 1. The topological polar surface area (TPSA) is 157 Å². The highest BCUT2D eigenvalue weighted by Crippen LogP contribution is 2.28. The number of carbonyl (C=O) groups excluding carboxylic acids is 2. The number of aliphatic carboxylic acids is 1. The number of carboxylic acids is 1. The van der Waals surface area contributed by atoms with E-state index in [4.69, 9.17) is 21.3 Å². The Morgan fingerprint density at radius 3 is 2.09 bits per heavy atom. The molecule has 0 saturated carbocycles. The van der Waals surface area contributed by atoms with Gasteiger partial charge in [0.05, 0.1) is 54.4 Å². The normalized spacial score (nSPS) is 12.4. The molecular weight excluding hydrogens is 560 g/mol. The number of rotatable bonds is 20. The molecule has 0 unspecified atom stereocenters. The summed E-state index contributed by atoms with van der Waals surface area (Å²) in [5.41, 5.74) is 15.5. The second kappa shape index (κ2) is 17.7. The van der Waals surface area contributed by atoms with Gasteiger partial charge in [-0.25, -0.2) is 0 Å². The summed E-state index contributed by atoms with van der Waals surface area (Å²) in [6.45, 7) is 6.40. The highest BCUT2D eigenvalue weighted by atomic mass is 16.5. The van der Waals surface area contributed by atoms with Crippen molar-refractivity contribution >= 4 is 17.8 Å². The van der Waals surface area contributed by atoms with Crippen molar-refractivity contribution in [1.82, 2.24) is 10.6 Å². The van der Waals surface area contributed by atoms with Crippen LogP contribution in [-0.2, 0) is 27.2 Å². The predicted molar refractivity (Wildman–Crippen MR) is 174 cm³/mol. The van der Waals surface area contributed by atoms with Gasteiger partial charge in [-0.2, -0.15) is 0 Å². The van der Waals surface area contributed by atoms with E-state index in [0.29, 0.717) is 61.3 Å². The van der Waals surface area contributed by atoms with Crippen molar-refractivity contribution in [1.29, 1.82) is 0 Å². The summed E-state index contributed by atoms with van der Waals surface area (Å²) >= 11 is 0. The SMILES string of the molecule is CCc1cc(OCCCCNC(=O)C[N+](C)(C)CCNC(=O)C[N+](C)(C)CCN)ccc1-c1ccc(C[C@H](N)C(=O)O)cc1. The van der Waals surface area contributed by atoms with Crippen LogP contribution in [-0.4, -0.2) is 119 Å².